The van der Waals surface area contributed by atoms with Gasteiger partial charge in [-0.15, -0.1) is 0 Å². The highest BCUT2D eigenvalue weighted by Gasteiger charge is 2.06. The zero-order valence-corrected chi connectivity index (χ0v) is 12.2. The number of phenolic OH excluding ortho intramolecular Hbond substituents is 1. The van der Waals surface area contributed by atoms with Gasteiger partial charge in [0, 0.05) is 12.1 Å². The zero-order valence-electron chi connectivity index (χ0n) is 11.4. The number of aromatic hydroxyl groups is 1. The van der Waals surface area contributed by atoms with E-state index in [-0.39, 0.29) is 11.7 Å². The molecule has 4 nitrogen and oxygen atoms in total. The fraction of sp³-hybridized carbons (Fsp3) is 0.125. The van der Waals surface area contributed by atoms with Gasteiger partial charge >= 0.3 is 0 Å². The summed E-state index contributed by atoms with van der Waals surface area (Å²) in [5, 5.41) is 15.1. The third kappa shape index (κ3) is 4.89. The van der Waals surface area contributed by atoms with Crippen LogP contribution in [0, 0.1) is 0 Å². The van der Waals surface area contributed by atoms with E-state index in [2.05, 4.69) is 10.6 Å². The summed E-state index contributed by atoms with van der Waals surface area (Å²) in [5.74, 6) is 0.0232. The number of nitrogens with one attached hydrogen (secondary N) is 2. The number of benzene rings is 2. The molecule has 0 atom stereocenters. The largest absolute Gasteiger partial charge is 0.508 e. The molecule has 3 N–H and O–H groups in total. The van der Waals surface area contributed by atoms with E-state index in [4.69, 9.17) is 12.2 Å². The minimum Gasteiger partial charge on any atom is -0.508 e. The van der Waals surface area contributed by atoms with Crippen molar-refractivity contribution >= 4 is 23.2 Å². The first kappa shape index (κ1) is 15.0. The molecule has 0 fully saturated rings. The first-order valence-electron chi connectivity index (χ1n) is 6.57. The van der Waals surface area contributed by atoms with Crippen LogP contribution in [0.25, 0.3) is 0 Å². The van der Waals surface area contributed by atoms with Crippen molar-refractivity contribution in [1.82, 2.24) is 10.6 Å². The Kier molecular flexibility index (Phi) is 5.29. The number of thiocarbonyl (C=S) groups is 1. The van der Waals surface area contributed by atoms with Crippen molar-refractivity contribution in [2.75, 3.05) is 6.54 Å². The van der Waals surface area contributed by atoms with Gasteiger partial charge in [-0.25, -0.2) is 0 Å². The molecule has 0 spiro atoms. The molecule has 2 aromatic rings. The van der Waals surface area contributed by atoms with E-state index >= 15 is 0 Å². The van der Waals surface area contributed by atoms with Crippen LogP contribution >= 0.6 is 12.2 Å². The molecule has 0 aliphatic heterocycles. The number of rotatable bonds is 4. The van der Waals surface area contributed by atoms with E-state index in [1.807, 2.05) is 18.2 Å². The van der Waals surface area contributed by atoms with Crippen LogP contribution in [0.5, 0.6) is 5.75 Å². The van der Waals surface area contributed by atoms with Gasteiger partial charge in [-0.1, -0.05) is 30.3 Å². The summed E-state index contributed by atoms with van der Waals surface area (Å²) in [6.07, 6.45) is 0.752. The fourth-order valence-corrected chi connectivity index (χ4v) is 1.99. The Labute approximate surface area is 128 Å². The molecule has 0 radical (unpaired) electrons. The summed E-state index contributed by atoms with van der Waals surface area (Å²) in [6, 6.07) is 15.9. The Bertz CT molecular complexity index is 612. The predicted octanol–water partition coefficient (Wildman–Crippen LogP) is 2.24. The highest BCUT2D eigenvalue weighted by atomic mass is 32.1. The van der Waals surface area contributed by atoms with E-state index in [1.54, 1.807) is 36.4 Å². The summed E-state index contributed by atoms with van der Waals surface area (Å²) >= 11 is 5.08. The van der Waals surface area contributed by atoms with Gasteiger partial charge in [0.25, 0.3) is 5.91 Å². The number of hydrogen-bond acceptors (Lipinski definition) is 3. The molecule has 0 bridgehead atoms. The van der Waals surface area contributed by atoms with Gasteiger partial charge in [0.2, 0.25) is 0 Å². The summed E-state index contributed by atoms with van der Waals surface area (Å²) < 4.78 is 0. The van der Waals surface area contributed by atoms with Crippen LogP contribution in [-0.4, -0.2) is 22.7 Å². The summed E-state index contributed by atoms with van der Waals surface area (Å²) in [4.78, 5) is 11.9. The maximum atomic E-state index is 11.9. The highest BCUT2D eigenvalue weighted by Crippen LogP contribution is 2.09. The molecule has 108 valence electrons. The van der Waals surface area contributed by atoms with E-state index in [1.165, 1.54) is 0 Å². The lowest BCUT2D eigenvalue weighted by atomic mass is 10.1. The molecule has 0 saturated carbocycles. The van der Waals surface area contributed by atoms with Gasteiger partial charge in [0.05, 0.1) is 0 Å². The molecule has 0 aliphatic carbocycles. The van der Waals surface area contributed by atoms with E-state index in [9.17, 15) is 9.90 Å². The Morgan fingerprint density at radius 2 is 1.71 bits per heavy atom. The van der Waals surface area contributed by atoms with Gasteiger partial charge in [-0.05, 0) is 48.5 Å². The van der Waals surface area contributed by atoms with Gasteiger partial charge < -0.3 is 10.4 Å². The van der Waals surface area contributed by atoms with Gasteiger partial charge in [0.1, 0.15) is 5.75 Å². The third-order valence-electron chi connectivity index (χ3n) is 2.90. The number of carbonyl (C=O) groups is 1. The van der Waals surface area contributed by atoms with Crippen LogP contribution in [0.15, 0.2) is 54.6 Å². The minimum atomic E-state index is -0.224. The highest BCUT2D eigenvalue weighted by molar-refractivity contribution is 7.80. The smallest absolute Gasteiger partial charge is 0.257 e. The Morgan fingerprint density at radius 3 is 2.38 bits per heavy atom. The average Bonchev–Trinajstić information content (AvgIpc) is 2.50. The minimum absolute atomic E-state index is 0.224. The van der Waals surface area contributed by atoms with Crippen LogP contribution < -0.4 is 10.6 Å². The average molecular weight is 300 g/mol. The number of phenols is 1. The quantitative estimate of drug-likeness (QED) is 0.758. The van der Waals surface area contributed by atoms with Crippen molar-refractivity contribution in [2.24, 2.45) is 0 Å². The van der Waals surface area contributed by atoms with E-state index in [0.717, 1.165) is 12.0 Å². The standard InChI is InChI=1S/C16H16N2O2S/c19-14-8-6-12(7-9-14)10-11-17-16(21)18-15(20)13-4-2-1-3-5-13/h1-9,19H,10-11H2,(H2,17,18,20,21). The lowest BCUT2D eigenvalue weighted by Gasteiger charge is -2.09. The number of carbonyl (C=O) groups excluding carboxylic acids is 1. The summed E-state index contributed by atoms with van der Waals surface area (Å²) in [5.41, 5.74) is 1.65. The Hall–Kier alpha value is -2.40. The van der Waals surface area contributed by atoms with Crippen molar-refractivity contribution in [3.63, 3.8) is 0 Å². The first-order chi connectivity index (χ1) is 10.1. The molecule has 2 rings (SSSR count). The number of amides is 1. The second kappa shape index (κ2) is 7.40. The lowest BCUT2D eigenvalue weighted by molar-refractivity contribution is 0.0976. The molecule has 5 heteroatoms. The molecule has 0 aromatic heterocycles. The molecule has 0 saturated heterocycles. The molecule has 0 heterocycles. The van der Waals surface area contributed by atoms with E-state index < -0.39 is 0 Å². The summed E-state index contributed by atoms with van der Waals surface area (Å²) in [6.45, 7) is 0.610. The monoisotopic (exact) mass is 300 g/mol. The van der Waals surface area contributed by atoms with Crippen molar-refractivity contribution in [1.29, 1.82) is 0 Å². The van der Waals surface area contributed by atoms with Gasteiger partial charge in [-0.2, -0.15) is 0 Å². The SMILES string of the molecule is O=C(NC(=S)NCCc1ccc(O)cc1)c1ccccc1. The van der Waals surface area contributed by atoms with Crippen molar-refractivity contribution in [3.05, 3.63) is 65.7 Å². The fourth-order valence-electron chi connectivity index (χ4n) is 1.79. The molecular weight excluding hydrogens is 284 g/mol. The van der Waals surface area contributed by atoms with Crippen LogP contribution in [0.1, 0.15) is 15.9 Å². The Balaban J connectivity index is 1.75. The zero-order chi connectivity index (χ0) is 15.1. The molecule has 2 aromatic carbocycles. The topological polar surface area (TPSA) is 61.4 Å². The normalized spacial score (nSPS) is 9.90. The van der Waals surface area contributed by atoms with Crippen molar-refractivity contribution in [3.8, 4) is 5.75 Å². The van der Waals surface area contributed by atoms with Crippen LogP contribution in [0.4, 0.5) is 0 Å². The van der Waals surface area contributed by atoms with Crippen LogP contribution in [0.3, 0.4) is 0 Å². The molecule has 1 amide bonds. The molecular formula is C16H16N2O2S. The maximum Gasteiger partial charge on any atom is 0.257 e. The van der Waals surface area contributed by atoms with Crippen molar-refractivity contribution < 1.29 is 9.90 Å². The second-order valence-corrected chi connectivity index (χ2v) is 4.90. The van der Waals surface area contributed by atoms with Crippen LogP contribution in [-0.2, 0) is 6.42 Å². The lowest BCUT2D eigenvalue weighted by Crippen LogP contribution is -2.40. The molecule has 21 heavy (non-hydrogen) atoms. The molecule has 0 aliphatic rings. The summed E-state index contributed by atoms with van der Waals surface area (Å²) in [7, 11) is 0. The first-order valence-corrected chi connectivity index (χ1v) is 6.98. The molecule has 0 unspecified atom stereocenters. The van der Waals surface area contributed by atoms with Gasteiger partial charge in [-0.3, -0.25) is 10.1 Å². The maximum absolute atomic E-state index is 11.9. The Morgan fingerprint density at radius 1 is 1.05 bits per heavy atom. The third-order valence-corrected chi connectivity index (χ3v) is 3.15. The van der Waals surface area contributed by atoms with E-state index in [0.29, 0.717) is 17.2 Å². The predicted molar refractivity (Wildman–Crippen MR) is 86.3 cm³/mol. The second-order valence-electron chi connectivity index (χ2n) is 4.49. The number of hydrogen-bond donors (Lipinski definition) is 3. The van der Waals surface area contributed by atoms with Crippen LogP contribution in [0.2, 0.25) is 0 Å². The van der Waals surface area contributed by atoms with Crippen molar-refractivity contribution in [2.45, 2.75) is 6.42 Å². The van der Waals surface area contributed by atoms with Gasteiger partial charge in [0.15, 0.2) is 5.11 Å².